The Hall–Kier alpha value is -1.48. The van der Waals surface area contributed by atoms with Crippen LogP contribution in [0.4, 0.5) is 5.69 Å². The van der Waals surface area contributed by atoms with Gasteiger partial charge in [-0.05, 0) is 54.4 Å². The second kappa shape index (κ2) is 7.60. The highest BCUT2D eigenvalue weighted by Gasteiger charge is 2.17. The lowest BCUT2D eigenvalue weighted by Gasteiger charge is -2.21. The zero-order valence-electron chi connectivity index (χ0n) is 14.1. The molecule has 0 aliphatic rings. The first-order chi connectivity index (χ1) is 11.2. The lowest BCUT2D eigenvalue weighted by atomic mass is 10.3. The Bertz CT molecular complexity index is 829. The first-order valence-corrected chi connectivity index (χ1v) is 10.0. The van der Waals surface area contributed by atoms with E-state index in [1.807, 2.05) is 11.9 Å². The summed E-state index contributed by atoms with van der Waals surface area (Å²) >= 11 is 7.12. The molecule has 0 unspecified atom stereocenters. The number of rotatable bonds is 5. The van der Waals surface area contributed by atoms with Gasteiger partial charge in [0.2, 0.25) is 10.0 Å². The summed E-state index contributed by atoms with van der Waals surface area (Å²) in [5.41, 5.74) is 1.89. The van der Waals surface area contributed by atoms with Crippen LogP contribution < -0.4 is 5.32 Å². The first kappa shape index (κ1) is 18.9. The van der Waals surface area contributed by atoms with Crippen LogP contribution in [0.5, 0.6) is 0 Å². The zero-order chi connectivity index (χ0) is 17.9. The molecule has 0 radical (unpaired) electrons. The third kappa shape index (κ3) is 4.32. The van der Waals surface area contributed by atoms with Gasteiger partial charge in [-0.25, -0.2) is 12.7 Å². The summed E-state index contributed by atoms with van der Waals surface area (Å²) in [5, 5.41) is 5.71. The maximum Gasteiger partial charge on any atom is 0.242 e. The van der Waals surface area contributed by atoms with E-state index in [1.54, 1.807) is 35.6 Å². The molecular weight excluding hydrogens is 362 g/mol. The van der Waals surface area contributed by atoms with Crippen LogP contribution >= 0.6 is 23.6 Å². The van der Waals surface area contributed by atoms with Gasteiger partial charge in [-0.15, -0.1) is 11.3 Å². The Kier molecular flexibility index (Phi) is 5.97. The molecule has 0 aliphatic heterocycles. The van der Waals surface area contributed by atoms with Gasteiger partial charge in [0, 0.05) is 31.7 Å². The summed E-state index contributed by atoms with van der Waals surface area (Å²) in [6, 6.07) is 8.74. The van der Waals surface area contributed by atoms with Crippen molar-refractivity contribution in [2.24, 2.45) is 0 Å². The third-order valence-corrected chi connectivity index (χ3v) is 6.79. The van der Waals surface area contributed by atoms with Crippen LogP contribution in [0.1, 0.15) is 10.4 Å². The summed E-state index contributed by atoms with van der Waals surface area (Å²) in [5.74, 6) is 0. The van der Waals surface area contributed by atoms with Crippen molar-refractivity contribution in [3.8, 4) is 0 Å². The van der Waals surface area contributed by atoms with E-state index in [9.17, 15) is 8.42 Å². The second-order valence-corrected chi connectivity index (χ2v) is 9.17. The lowest BCUT2D eigenvalue weighted by molar-refractivity contribution is 0.512. The van der Waals surface area contributed by atoms with Crippen LogP contribution in [0.25, 0.3) is 0 Å². The van der Waals surface area contributed by atoms with Gasteiger partial charge in [0.25, 0.3) is 0 Å². The number of benzene rings is 1. The van der Waals surface area contributed by atoms with Crippen LogP contribution in [0, 0.1) is 6.92 Å². The van der Waals surface area contributed by atoms with Crippen molar-refractivity contribution in [3.05, 3.63) is 46.2 Å². The van der Waals surface area contributed by atoms with Crippen molar-refractivity contribution in [1.82, 2.24) is 9.21 Å². The highest BCUT2D eigenvalue weighted by atomic mass is 32.2. The summed E-state index contributed by atoms with van der Waals surface area (Å²) < 4.78 is 25.6. The third-order valence-electron chi connectivity index (χ3n) is 3.56. The van der Waals surface area contributed by atoms with E-state index >= 15 is 0 Å². The molecule has 1 aromatic carbocycles. The van der Waals surface area contributed by atoms with Gasteiger partial charge in [-0.3, -0.25) is 0 Å². The molecule has 1 N–H and O–H groups in total. The van der Waals surface area contributed by atoms with Crippen LogP contribution in [-0.2, 0) is 16.6 Å². The van der Waals surface area contributed by atoms with E-state index in [0.717, 1.165) is 0 Å². The van der Waals surface area contributed by atoms with E-state index in [1.165, 1.54) is 28.8 Å². The molecule has 0 saturated carbocycles. The molecule has 0 spiro atoms. The SMILES string of the molecule is Cc1ccsc1CN(C)C(=S)Nc1cccc(S(=O)(=O)N(C)C)c1. The quantitative estimate of drug-likeness (QED) is 0.804. The molecule has 0 bridgehead atoms. The van der Waals surface area contributed by atoms with Crippen LogP contribution in [0.3, 0.4) is 0 Å². The van der Waals surface area contributed by atoms with Crippen LogP contribution in [0.2, 0.25) is 0 Å². The Balaban J connectivity index is 2.11. The predicted molar refractivity (Wildman–Crippen MR) is 104 cm³/mol. The van der Waals surface area contributed by atoms with Gasteiger partial charge in [-0.2, -0.15) is 0 Å². The fraction of sp³-hybridized carbons (Fsp3) is 0.312. The number of sulfonamides is 1. The van der Waals surface area contributed by atoms with E-state index in [-0.39, 0.29) is 4.90 Å². The van der Waals surface area contributed by atoms with Crippen LogP contribution in [-0.4, -0.2) is 43.9 Å². The van der Waals surface area contributed by atoms with Gasteiger partial charge in [-0.1, -0.05) is 6.07 Å². The number of anilines is 1. The Morgan fingerprint density at radius 2 is 1.96 bits per heavy atom. The summed E-state index contributed by atoms with van der Waals surface area (Å²) in [6.45, 7) is 2.79. The van der Waals surface area contributed by atoms with Crippen molar-refractivity contribution in [2.45, 2.75) is 18.4 Å². The average Bonchev–Trinajstić information content (AvgIpc) is 2.92. The molecule has 1 heterocycles. The van der Waals surface area contributed by atoms with Gasteiger partial charge in [0.1, 0.15) is 0 Å². The zero-order valence-corrected chi connectivity index (χ0v) is 16.6. The molecule has 1 aromatic heterocycles. The monoisotopic (exact) mass is 383 g/mol. The number of hydrogen-bond acceptors (Lipinski definition) is 4. The molecule has 0 aliphatic carbocycles. The second-order valence-electron chi connectivity index (χ2n) is 5.63. The number of thiophene rings is 1. The maximum atomic E-state index is 12.2. The van der Waals surface area contributed by atoms with Gasteiger partial charge >= 0.3 is 0 Å². The predicted octanol–water partition coefficient (Wildman–Crippen LogP) is 3.14. The minimum atomic E-state index is -3.46. The average molecular weight is 384 g/mol. The number of aryl methyl sites for hydroxylation is 1. The molecule has 0 amide bonds. The molecule has 2 rings (SSSR count). The lowest BCUT2D eigenvalue weighted by Crippen LogP contribution is -2.30. The van der Waals surface area contributed by atoms with Crippen LogP contribution in [0.15, 0.2) is 40.6 Å². The van der Waals surface area contributed by atoms with E-state index in [2.05, 4.69) is 23.7 Å². The standard InChI is InChI=1S/C16H21N3O2S3/c1-12-8-9-23-15(12)11-19(4)16(22)17-13-6-5-7-14(10-13)24(20,21)18(2)3/h5-10H,11H2,1-4H3,(H,17,22). The number of nitrogens with zero attached hydrogens (tertiary/aromatic N) is 2. The molecule has 130 valence electrons. The number of hydrogen-bond donors (Lipinski definition) is 1. The van der Waals surface area contributed by atoms with Crippen molar-refractivity contribution >= 4 is 44.4 Å². The molecule has 5 nitrogen and oxygen atoms in total. The largest absolute Gasteiger partial charge is 0.347 e. The Morgan fingerprint density at radius 3 is 2.54 bits per heavy atom. The highest BCUT2D eigenvalue weighted by Crippen LogP contribution is 2.20. The van der Waals surface area contributed by atoms with Crippen molar-refractivity contribution in [1.29, 1.82) is 0 Å². The molecular formula is C16H21N3O2S3. The summed E-state index contributed by atoms with van der Waals surface area (Å²) in [7, 11) is 1.47. The molecule has 24 heavy (non-hydrogen) atoms. The van der Waals surface area contributed by atoms with E-state index in [0.29, 0.717) is 17.3 Å². The van der Waals surface area contributed by atoms with Crippen molar-refractivity contribution in [2.75, 3.05) is 26.5 Å². The van der Waals surface area contributed by atoms with Gasteiger partial charge < -0.3 is 10.2 Å². The van der Waals surface area contributed by atoms with Gasteiger partial charge in [0.05, 0.1) is 11.4 Å². The number of thiocarbonyl (C=S) groups is 1. The fourth-order valence-corrected chi connectivity index (χ4v) is 4.11. The smallest absolute Gasteiger partial charge is 0.242 e. The molecule has 0 fully saturated rings. The fourth-order valence-electron chi connectivity index (χ4n) is 2.02. The normalized spacial score (nSPS) is 11.5. The Morgan fingerprint density at radius 1 is 1.25 bits per heavy atom. The summed E-state index contributed by atoms with van der Waals surface area (Å²) in [6.07, 6.45) is 0. The minimum absolute atomic E-state index is 0.233. The van der Waals surface area contributed by atoms with Crippen molar-refractivity contribution in [3.63, 3.8) is 0 Å². The minimum Gasteiger partial charge on any atom is -0.347 e. The van der Waals surface area contributed by atoms with E-state index in [4.69, 9.17) is 12.2 Å². The van der Waals surface area contributed by atoms with Crippen molar-refractivity contribution < 1.29 is 8.42 Å². The first-order valence-electron chi connectivity index (χ1n) is 7.29. The van der Waals surface area contributed by atoms with Gasteiger partial charge in [0.15, 0.2) is 5.11 Å². The number of nitrogens with one attached hydrogen (secondary N) is 1. The van der Waals surface area contributed by atoms with E-state index < -0.39 is 10.0 Å². The maximum absolute atomic E-state index is 12.2. The molecule has 0 atom stereocenters. The Labute approximate surface area is 153 Å². The summed E-state index contributed by atoms with van der Waals surface area (Å²) in [4.78, 5) is 3.42. The molecule has 8 heteroatoms. The topological polar surface area (TPSA) is 52.7 Å². The molecule has 2 aromatic rings. The highest BCUT2D eigenvalue weighted by molar-refractivity contribution is 7.89. The molecule has 0 saturated heterocycles.